The number of phenolic OH excluding ortho intramolecular Hbond substituents is 1. The summed E-state index contributed by atoms with van der Waals surface area (Å²) in [7, 11) is 0. The van der Waals surface area contributed by atoms with E-state index in [-0.39, 0.29) is 11.7 Å². The Labute approximate surface area is 273 Å². The van der Waals surface area contributed by atoms with E-state index in [1.165, 1.54) is 49.3 Å². The van der Waals surface area contributed by atoms with E-state index in [1.54, 1.807) is 6.07 Å². The molecule has 7 heteroatoms. The molecule has 7 nitrogen and oxygen atoms in total. The van der Waals surface area contributed by atoms with Gasteiger partial charge in [-0.05, 0) is 63.8 Å². The number of unbranched alkanes of at least 4 members (excludes halogenated alkanes) is 8. The van der Waals surface area contributed by atoms with Crippen LogP contribution in [0.15, 0.2) is 67.3 Å². The van der Waals surface area contributed by atoms with Gasteiger partial charge in [0.25, 0.3) is 0 Å². The lowest BCUT2D eigenvalue weighted by Crippen LogP contribution is -2.02. The van der Waals surface area contributed by atoms with Gasteiger partial charge in [0.05, 0.1) is 18.8 Å². The van der Waals surface area contributed by atoms with Gasteiger partial charge in [0.15, 0.2) is 17.5 Å². The summed E-state index contributed by atoms with van der Waals surface area (Å²) in [6.07, 6.45) is 11.2. The quantitative estimate of drug-likeness (QED) is 0.0713. The van der Waals surface area contributed by atoms with E-state index in [9.17, 15) is 9.90 Å². The van der Waals surface area contributed by atoms with Crippen molar-refractivity contribution in [3.05, 3.63) is 89.5 Å². The number of hydrogen-bond donors (Lipinski definition) is 1. The molecule has 242 valence electrons. The zero-order valence-corrected chi connectivity index (χ0v) is 27.8. The summed E-state index contributed by atoms with van der Waals surface area (Å²) in [5, 5.41) is 11.1. The van der Waals surface area contributed by atoms with Gasteiger partial charge in [0.2, 0.25) is 0 Å². The highest BCUT2D eigenvalue weighted by Gasteiger charge is 2.17. The van der Waals surface area contributed by atoms with Crippen molar-refractivity contribution in [1.29, 1.82) is 0 Å². The minimum atomic E-state index is -0.345. The Balaban J connectivity index is 1.33. The highest BCUT2D eigenvalue weighted by Crippen LogP contribution is 2.34. The number of esters is 1. The molecule has 0 aliphatic rings. The van der Waals surface area contributed by atoms with E-state index in [1.807, 2.05) is 24.3 Å². The molecular weight excluding hydrogens is 574 g/mol. The lowest BCUT2D eigenvalue weighted by molar-refractivity contribution is -0.137. The fraction of sp³-hybridized carbons (Fsp3) is 0.385. The Bertz CT molecular complexity index is 1560. The first-order valence-electron chi connectivity index (χ1n) is 16.4. The SMILES string of the molecule is C=CC(=O)OCCCCCCCCCCCOc1ccc(-c2nc(-c3ccc(C)cc3C)nc(-c3ccc(C)cc3C)n2)c(O)c1. The van der Waals surface area contributed by atoms with E-state index in [2.05, 4.69) is 58.5 Å². The van der Waals surface area contributed by atoms with Crippen molar-refractivity contribution >= 4 is 5.97 Å². The Hall–Kier alpha value is -4.52. The van der Waals surface area contributed by atoms with Gasteiger partial charge < -0.3 is 14.6 Å². The standard InChI is InChI=1S/C39H47N3O4/c1-6-36(44)46-23-15-13-11-9-7-8-10-12-14-22-45-31-18-21-34(35(43)26-31)39-41-37(32-19-16-27(2)24-29(32)4)40-38(42-39)33-20-17-28(3)25-30(33)5/h6,16-21,24-26,43H,1,7-15,22-23H2,2-5H3. The summed E-state index contributed by atoms with van der Waals surface area (Å²) in [4.78, 5) is 25.6. The summed E-state index contributed by atoms with van der Waals surface area (Å²) in [6.45, 7) is 12.7. The topological polar surface area (TPSA) is 94.4 Å². The highest BCUT2D eigenvalue weighted by atomic mass is 16.5. The molecule has 0 amide bonds. The number of carbonyl (C=O) groups excluding carboxylic acids is 1. The molecule has 1 heterocycles. The van der Waals surface area contributed by atoms with Gasteiger partial charge in [-0.1, -0.05) is 99.0 Å². The third kappa shape index (κ3) is 9.99. The highest BCUT2D eigenvalue weighted by molar-refractivity contribution is 5.81. The second-order valence-corrected chi connectivity index (χ2v) is 12.0. The maximum atomic E-state index is 11.1. The number of aromatic nitrogens is 3. The number of nitrogens with zero attached hydrogens (tertiary/aromatic N) is 3. The van der Waals surface area contributed by atoms with Crippen molar-refractivity contribution in [3.63, 3.8) is 0 Å². The molecule has 0 unspecified atom stereocenters. The van der Waals surface area contributed by atoms with Crippen LogP contribution in [-0.2, 0) is 9.53 Å². The van der Waals surface area contributed by atoms with E-state index in [0.717, 1.165) is 47.9 Å². The predicted octanol–water partition coefficient (Wildman–Crippen LogP) is 9.43. The van der Waals surface area contributed by atoms with Gasteiger partial charge in [0, 0.05) is 23.3 Å². The molecule has 0 saturated heterocycles. The molecule has 0 spiro atoms. The van der Waals surface area contributed by atoms with Crippen molar-refractivity contribution in [1.82, 2.24) is 15.0 Å². The van der Waals surface area contributed by atoms with E-state index in [4.69, 9.17) is 24.4 Å². The Morgan fingerprint density at radius 2 is 1.11 bits per heavy atom. The van der Waals surface area contributed by atoms with Crippen LogP contribution in [0, 0.1) is 27.7 Å². The van der Waals surface area contributed by atoms with Crippen molar-refractivity contribution < 1.29 is 19.4 Å². The molecule has 4 aromatic rings. The van der Waals surface area contributed by atoms with Crippen LogP contribution in [0.3, 0.4) is 0 Å². The third-order valence-electron chi connectivity index (χ3n) is 8.06. The summed E-state index contributed by atoms with van der Waals surface area (Å²) in [5.41, 5.74) is 6.91. The number of carbonyl (C=O) groups is 1. The smallest absolute Gasteiger partial charge is 0.330 e. The fourth-order valence-corrected chi connectivity index (χ4v) is 5.52. The average molecular weight is 622 g/mol. The number of hydrogen-bond acceptors (Lipinski definition) is 7. The first kappa shape index (κ1) is 34.4. The van der Waals surface area contributed by atoms with Crippen LogP contribution < -0.4 is 4.74 Å². The van der Waals surface area contributed by atoms with Crippen LogP contribution in [0.5, 0.6) is 11.5 Å². The summed E-state index contributed by atoms with van der Waals surface area (Å²) in [6, 6.07) is 17.8. The number of aryl methyl sites for hydroxylation is 4. The minimum absolute atomic E-state index is 0.0701. The lowest BCUT2D eigenvalue weighted by atomic mass is 10.0. The minimum Gasteiger partial charge on any atom is -0.507 e. The second kappa shape index (κ2) is 17.2. The lowest BCUT2D eigenvalue weighted by Gasteiger charge is -2.13. The maximum Gasteiger partial charge on any atom is 0.330 e. The molecule has 3 aromatic carbocycles. The molecular formula is C39H47N3O4. The van der Waals surface area contributed by atoms with Gasteiger partial charge in [0.1, 0.15) is 11.5 Å². The van der Waals surface area contributed by atoms with Crippen LogP contribution in [0.2, 0.25) is 0 Å². The van der Waals surface area contributed by atoms with Gasteiger partial charge >= 0.3 is 5.97 Å². The molecule has 0 aliphatic carbocycles. The van der Waals surface area contributed by atoms with Crippen LogP contribution in [0.4, 0.5) is 0 Å². The summed E-state index contributed by atoms with van der Waals surface area (Å²) in [5.74, 6) is 1.91. The predicted molar refractivity (Wildman–Crippen MR) is 185 cm³/mol. The van der Waals surface area contributed by atoms with Crippen LogP contribution in [0.25, 0.3) is 34.2 Å². The van der Waals surface area contributed by atoms with Gasteiger partial charge in [-0.25, -0.2) is 19.7 Å². The largest absolute Gasteiger partial charge is 0.507 e. The van der Waals surface area contributed by atoms with Crippen molar-refractivity contribution in [2.75, 3.05) is 13.2 Å². The normalized spacial score (nSPS) is 11.0. The van der Waals surface area contributed by atoms with E-state index in [0.29, 0.717) is 42.0 Å². The van der Waals surface area contributed by atoms with Crippen LogP contribution in [-0.4, -0.2) is 39.2 Å². The van der Waals surface area contributed by atoms with E-state index < -0.39 is 0 Å². The number of ether oxygens (including phenoxy) is 2. The zero-order chi connectivity index (χ0) is 32.9. The molecule has 46 heavy (non-hydrogen) atoms. The maximum absolute atomic E-state index is 11.1. The van der Waals surface area contributed by atoms with Gasteiger partial charge in [-0.15, -0.1) is 0 Å². The molecule has 4 rings (SSSR count). The summed E-state index contributed by atoms with van der Waals surface area (Å²) >= 11 is 0. The zero-order valence-electron chi connectivity index (χ0n) is 27.8. The Morgan fingerprint density at radius 1 is 0.652 bits per heavy atom. The van der Waals surface area contributed by atoms with E-state index >= 15 is 0 Å². The molecule has 0 aliphatic heterocycles. The number of aromatic hydroxyl groups is 1. The number of rotatable bonds is 17. The van der Waals surface area contributed by atoms with Crippen molar-refractivity contribution in [2.45, 2.75) is 85.5 Å². The molecule has 0 atom stereocenters. The Morgan fingerprint density at radius 3 is 1.59 bits per heavy atom. The molecule has 0 radical (unpaired) electrons. The monoisotopic (exact) mass is 621 g/mol. The average Bonchev–Trinajstić information content (AvgIpc) is 3.03. The van der Waals surface area contributed by atoms with Gasteiger partial charge in [-0.2, -0.15) is 0 Å². The first-order chi connectivity index (χ1) is 22.2. The van der Waals surface area contributed by atoms with Gasteiger partial charge in [-0.3, -0.25) is 0 Å². The fourth-order valence-electron chi connectivity index (χ4n) is 5.52. The van der Waals surface area contributed by atoms with Crippen LogP contribution >= 0.6 is 0 Å². The molecule has 0 bridgehead atoms. The molecule has 0 saturated carbocycles. The van der Waals surface area contributed by atoms with Crippen LogP contribution in [0.1, 0.15) is 80.0 Å². The van der Waals surface area contributed by atoms with Crippen molar-refractivity contribution in [2.24, 2.45) is 0 Å². The first-order valence-corrected chi connectivity index (χ1v) is 16.4. The number of benzene rings is 3. The number of phenols is 1. The molecule has 1 N–H and O–H groups in total. The molecule has 0 fully saturated rings. The molecule has 1 aromatic heterocycles. The summed E-state index contributed by atoms with van der Waals surface area (Å²) < 4.78 is 11.0. The second-order valence-electron chi connectivity index (χ2n) is 12.0. The third-order valence-corrected chi connectivity index (χ3v) is 8.06. The Kier molecular flexibility index (Phi) is 12.9. The van der Waals surface area contributed by atoms with Crippen molar-refractivity contribution in [3.8, 4) is 45.7 Å².